The fraction of sp³-hybridized carbons (Fsp3) is 0.316. The third-order valence-corrected chi connectivity index (χ3v) is 5.04. The number of carbonyl (C=O) groups is 3. The van der Waals surface area contributed by atoms with Gasteiger partial charge in [-0.25, -0.2) is 4.79 Å². The highest BCUT2D eigenvalue weighted by atomic mass is 32.1. The van der Waals surface area contributed by atoms with Crippen LogP contribution in [0.5, 0.6) is 5.75 Å². The van der Waals surface area contributed by atoms with Gasteiger partial charge in [0.25, 0.3) is 11.8 Å². The van der Waals surface area contributed by atoms with Crippen LogP contribution >= 0.6 is 11.3 Å². The summed E-state index contributed by atoms with van der Waals surface area (Å²) in [6.07, 6.45) is 0.791. The van der Waals surface area contributed by atoms with E-state index in [1.165, 1.54) is 14.2 Å². The summed E-state index contributed by atoms with van der Waals surface area (Å²) < 4.78 is 9.94. The number of benzene rings is 1. The van der Waals surface area contributed by atoms with Crippen molar-refractivity contribution < 1.29 is 23.9 Å². The second-order valence-corrected chi connectivity index (χ2v) is 6.71. The summed E-state index contributed by atoms with van der Waals surface area (Å²) in [6, 6.07) is 6.63. The number of hydrogen-bond donors (Lipinski definition) is 2. The molecule has 7 nitrogen and oxygen atoms in total. The Morgan fingerprint density at radius 3 is 2.52 bits per heavy atom. The Morgan fingerprint density at radius 2 is 1.89 bits per heavy atom. The normalized spacial score (nSPS) is 10.2. The van der Waals surface area contributed by atoms with Crippen LogP contribution in [0.4, 0.5) is 5.00 Å². The molecule has 144 valence electrons. The first-order chi connectivity index (χ1) is 12.9. The van der Waals surface area contributed by atoms with Gasteiger partial charge in [0.05, 0.1) is 24.7 Å². The van der Waals surface area contributed by atoms with Crippen molar-refractivity contribution in [2.75, 3.05) is 26.1 Å². The molecule has 0 aliphatic rings. The zero-order valence-corrected chi connectivity index (χ0v) is 16.5. The molecular weight excluding hydrogens is 368 g/mol. The lowest BCUT2D eigenvalue weighted by Crippen LogP contribution is -2.23. The van der Waals surface area contributed by atoms with E-state index in [1.54, 1.807) is 31.2 Å². The van der Waals surface area contributed by atoms with E-state index >= 15 is 0 Å². The quantitative estimate of drug-likeness (QED) is 0.708. The first-order valence-electron chi connectivity index (χ1n) is 8.38. The van der Waals surface area contributed by atoms with Crippen LogP contribution in [0.2, 0.25) is 0 Å². The molecule has 0 spiro atoms. The number of esters is 1. The van der Waals surface area contributed by atoms with Gasteiger partial charge in [-0.05, 0) is 37.1 Å². The number of thiophene rings is 1. The molecule has 2 aromatic rings. The van der Waals surface area contributed by atoms with Crippen molar-refractivity contribution in [3.05, 3.63) is 45.8 Å². The lowest BCUT2D eigenvalue weighted by atomic mass is 10.1. The molecule has 2 N–H and O–H groups in total. The molecule has 0 radical (unpaired) electrons. The Hall–Kier alpha value is -2.87. The molecule has 0 aliphatic carbocycles. The first kappa shape index (κ1) is 20.4. The number of hydrogen-bond acceptors (Lipinski definition) is 6. The van der Waals surface area contributed by atoms with Gasteiger partial charge in [-0.1, -0.05) is 13.0 Å². The Bertz CT molecular complexity index is 860. The van der Waals surface area contributed by atoms with Gasteiger partial charge in [0, 0.05) is 12.1 Å². The molecule has 0 saturated carbocycles. The maximum Gasteiger partial charge on any atom is 0.341 e. The molecule has 0 aliphatic heterocycles. The summed E-state index contributed by atoms with van der Waals surface area (Å²) in [5.41, 5.74) is 1.02. The average Bonchev–Trinajstić information content (AvgIpc) is 3.01. The fourth-order valence-electron chi connectivity index (χ4n) is 2.42. The van der Waals surface area contributed by atoms with Gasteiger partial charge in [-0.3, -0.25) is 9.59 Å². The molecule has 27 heavy (non-hydrogen) atoms. The van der Waals surface area contributed by atoms with Crippen LogP contribution in [0, 0.1) is 6.92 Å². The van der Waals surface area contributed by atoms with Crippen LogP contribution in [0.25, 0.3) is 0 Å². The van der Waals surface area contributed by atoms with Crippen molar-refractivity contribution >= 4 is 34.1 Å². The van der Waals surface area contributed by atoms with Gasteiger partial charge < -0.3 is 20.1 Å². The summed E-state index contributed by atoms with van der Waals surface area (Å²) in [6.45, 7) is 4.13. The Morgan fingerprint density at radius 1 is 1.15 bits per heavy atom. The average molecular weight is 390 g/mol. The van der Waals surface area contributed by atoms with Gasteiger partial charge in [0.15, 0.2) is 0 Å². The molecular formula is C19H22N2O5S. The highest BCUT2D eigenvalue weighted by Gasteiger charge is 2.26. The van der Waals surface area contributed by atoms with E-state index in [0.717, 1.165) is 17.8 Å². The maximum absolute atomic E-state index is 12.6. The lowest BCUT2D eigenvalue weighted by molar-refractivity contribution is 0.0601. The van der Waals surface area contributed by atoms with E-state index in [0.29, 0.717) is 28.3 Å². The number of methoxy groups -OCH3 is 2. The number of anilines is 1. The minimum Gasteiger partial charge on any atom is -0.497 e. The minimum absolute atomic E-state index is 0.181. The highest BCUT2D eigenvalue weighted by molar-refractivity contribution is 7.18. The maximum atomic E-state index is 12.6. The molecule has 1 aromatic carbocycles. The predicted molar refractivity (Wildman–Crippen MR) is 104 cm³/mol. The summed E-state index contributed by atoms with van der Waals surface area (Å²) in [5.74, 6) is -0.774. The zero-order chi connectivity index (χ0) is 20.0. The minimum atomic E-state index is -0.612. The summed E-state index contributed by atoms with van der Waals surface area (Å²) in [7, 11) is 2.76. The smallest absolute Gasteiger partial charge is 0.341 e. The number of ether oxygens (including phenoxy) is 2. The third-order valence-electron chi connectivity index (χ3n) is 3.84. The second kappa shape index (κ2) is 9.18. The molecule has 0 unspecified atom stereocenters. The monoisotopic (exact) mass is 390 g/mol. The van der Waals surface area contributed by atoms with Gasteiger partial charge in [0.2, 0.25) is 0 Å². The number of amides is 2. The van der Waals surface area contributed by atoms with Gasteiger partial charge in [-0.2, -0.15) is 0 Å². The van der Waals surface area contributed by atoms with Crippen LogP contribution in [-0.2, 0) is 4.74 Å². The predicted octanol–water partition coefficient (Wildman–Crippen LogP) is 3.24. The van der Waals surface area contributed by atoms with Crippen molar-refractivity contribution in [1.29, 1.82) is 0 Å². The van der Waals surface area contributed by atoms with Crippen LogP contribution in [0.3, 0.4) is 0 Å². The van der Waals surface area contributed by atoms with E-state index in [1.807, 2.05) is 6.92 Å². The van der Waals surface area contributed by atoms with Crippen molar-refractivity contribution in [2.24, 2.45) is 0 Å². The van der Waals surface area contributed by atoms with Crippen molar-refractivity contribution in [3.63, 3.8) is 0 Å². The highest BCUT2D eigenvalue weighted by Crippen LogP contribution is 2.34. The molecule has 8 heteroatoms. The van der Waals surface area contributed by atoms with Crippen molar-refractivity contribution in [2.45, 2.75) is 20.3 Å². The fourth-order valence-corrected chi connectivity index (χ4v) is 3.53. The number of carbonyl (C=O) groups excluding carboxylic acids is 3. The summed E-state index contributed by atoms with van der Waals surface area (Å²) in [5, 5.41) is 5.76. The molecule has 2 amide bonds. The van der Waals surface area contributed by atoms with Crippen LogP contribution < -0.4 is 15.4 Å². The third kappa shape index (κ3) is 4.65. The Labute approximate surface area is 161 Å². The molecule has 0 saturated heterocycles. The topological polar surface area (TPSA) is 93.7 Å². The molecule has 1 heterocycles. The largest absolute Gasteiger partial charge is 0.497 e. The molecule has 1 aromatic heterocycles. The molecule has 0 fully saturated rings. The van der Waals surface area contributed by atoms with Crippen molar-refractivity contribution in [1.82, 2.24) is 5.32 Å². The van der Waals surface area contributed by atoms with Gasteiger partial charge in [0.1, 0.15) is 10.8 Å². The van der Waals surface area contributed by atoms with E-state index in [2.05, 4.69) is 10.6 Å². The first-order valence-corrected chi connectivity index (χ1v) is 9.19. The second-order valence-electron chi connectivity index (χ2n) is 5.69. The van der Waals surface area contributed by atoms with E-state index in [-0.39, 0.29) is 16.5 Å². The van der Waals surface area contributed by atoms with E-state index < -0.39 is 11.9 Å². The number of nitrogens with one attached hydrogen (secondary N) is 2. The molecule has 0 bridgehead atoms. The summed E-state index contributed by atoms with van der Waals surface area (Å²) in [4.78, 5) is 37.5. The lowest BCUT2D eigenvalue weighted by Gasteiger charge is -2.07. The van der Waals surface area contributed by atoms with E-state index in [9.17, 15) is 14.4 Å². The Kier molecular flexibility index (Phi) is 6.95. The summed E-state index contributed by atoms with van der Waals surface area (Å²) >= 11 is 1.05. The van der Waals surface area contributed by atoms with Crippen LogP contribution in [0.15, 0.2) is 24.3 Å². The van der Waals surface area contributed by atoms with Gasteiger partial charge in [-0.15, -0.1) is 11.3 Å². The van der Waals surface area contributed by atoms with Crippen LogP contribution in [0.1, 0.15) is 49.3 Å². The SMILES string of the molecule is CCCNC(=O)c1sc(NC(=O)c2cccc(OC)c2)c(C(=O)OC)c1C. The Balaban J connectivity index is 2.37. The molecule has 2 rings (SSSR count). The van der Waals surface area contributed by atoms with E-state index in [4.69, 9.17) is 9.47 Å². The zero-order valence-electron chi connectivity index (χ0n) is 15.7. The van der Waals surface area contributed by atoms with Gasteiger partial charge >= 0.3 is 5.97 Å². The van der Waals surface area contributed by atoms with Crippen molar-refractivity contribution in [3.8, 4) is 5.75 Å². The number of rotatable bonds is 7. The van der Waals surface area contributed by atoms with Crippen LogP contribution in [-0.4, -0.2) is 38.5 Å². The standard InChI is InChI=1S/C19H22N2O5S/c1-5-9-20-17(23)15-11(2)14(19(24)26-4)18(27-15)21-16(22)12-7-6-8-13(10-12)25-3/h6-8,10H,5,9H2,1-4H3,(H,20,23)(H,21,22). The molecule has 0 atom stereocenters.